The fourth-order valence-electron chi connectivity index (χ4n) is 3.91. The Morgan fingerprint density at radius 1 is 1.04 bits per heavy atom. The molecule has 0 fully saturated rings. The summed E-state index contributed by atoms with van der Waals surface area (Å²) in [7, 11) is 0. The van der Waals surface area contributed by atoms with Gasteiger partial charge in [-0.05, 0) is 67.3 Å². The molecule has 3 nitrogen and oxygen atoms in total. The molecular formula is C24H26O3. The van der Waals surface area contributed by atoms with Gasteiger partial charge in [-0.15, -0.1) is 0 Å². The number of ether oxygens (including phenoxy) is 2. The molecule has 4 rings (SSSR count). The summed E-state index contributed by atoms with van der Waals surface area (Å²) < 4.78 is 11.7. The maximum absolute atomic E-state index is 12.4. The second kappa shape index (κ2) is 8.53. The first kappa shape index (κ1) is 18.0. The number of benzene rings is 2. The molecule has 140 valence electrons. The molecule has 0 bridgehead atoms. The predicted molar refractivity (Wildman–Crippen MR) is 106 cm³/mol. The van der Waals surface area contributed by atoms with E-state index in [9.17, 15) is 4.79 Å². The predicted octanol–water partition coefficient (Wildman–Crippen LogP) is 5.03. The molecule has 0 amide bonds. The molecule has 0 aromatic heterocycles. The van der Waals surface area contributed by atoms with Crippen LogP contribution in [-0.2, 0) is 28.9 Å². The van der Waals surface area contributed by atoms with Crippen molar-refractivity contribution in [3.05, 3.63) is 82.9 Å². The van der Waals surface area contributed by atoms with Gasteiger partial charge in [0.1, 0.15) is 6.61 Å². The molecule has 2 atom stereocenters. The molecular weight excluding hydrogens is 336 g/mol. The minimum absolute atomic E-state index is 0.257. The topological polar surface area (TPSA) is 35.5 Å². The van der Waals surface area contributed by atoms with Gasteiger partial charge >= 0.3 is 5.97 Å². The molecule has 2 aromatic carbocycles. The molecule has 2 aliphatic carbocycles. The Kier molecular flexibility index (Phi) is 5.69. The highest BCUT2D eigenvalue weighted by Gasteiger charge is 2.23. The van der Waals surface area contributed by atoms with Crippen LogP contribution in [-0.4, -0.2) is 18.2 Å². The molecule has 3 heteroatoms. The largest absolute Gasteiger partial charge is 0.457 e. The average molecular weight is 362 g/mol. The number of aryl methyl sites for hydroxylation is 1. The van der Waals surface area contributed by atoms with Crippen LogP contribution in [0, 0.1) is 0 Å². The fraction of sp³-hybridized carbons (Fsp3) is 0.375. The van der Waals surface area contributed by atoms with E-state index in [-0.39, 0.29) is 18.2 Å². The summed E-state index contributed by atoms with van der Waals surface area (Å²) in [5, 5.41) is 0. The van der Waals surface area contributed by atoms with Gasteiger partial charge in [0.25, 0.3) is 0 Å². The lowest BCUT2D eigenvalue weighted by molar-refractivity contribution is -0.000440. The number of fused-ring (bicyclic) bond motifs is 1. The number of rotatable bonds is 5. The summed E-state index contributed by atoms with van der Waals surface area (Å²) in [6.07, 6.45) is 11.4. The molecule has 0 saturated carbocycles. The maximum Gasteiger partial charge on any atom is 0.338 e. The zero-order valence-electron chi connectivity index (χ0n) is 15.6. The van der Waals surface area contributed by atoms with Crippen molar-refractivity contribution in [2.75, 3.05) is 0 Å². The molecule has 0 heterocycles. The summed E-state index contributed by atoms with van der Waals surface area (Å²) in [6, 6.07) is 15.7. The van der Waals surface area contributed by atoms with Crippen LogP contribution in [0.5, 0.6) is 0 Å². The van der Waals surface area contributed by atoms with Crippen molar-refractivity contribution in [3.8, 4) is 0 Å². The van der Waals surface area contributed by atoms with Crippen LogP contribution in [0.25, 0.3) is 0 Å². The first-order valence-electron chi connectivity index (χ1n) is 9.93. The number of hydrogen-bond acceptors (Lipinski definition) is 3. The van der Waals surface area contributed by atoms with Crippen LogP contribution < -0.4 is 0 Å². The lowest BCUT2D eigenvalue weighted by Gasteiger charge is -2.29. The van der Waals surface area contributed by atoms with E-state index >= 15 is 0 Å². The van der Waals surface area contributed by atoms with E-state index in [0.717, 1.165) is 31.2 Å². The van der Waals surface area contributed by atoms with Crippen molar-refractivity contribution in [1.29, 1.82) is 0 Å². The highest BCUT2D eigenvalue weighted by atomic mass is 16.5. The van der Waals surface area contributed by atoms with Crippen molar-refractivity contribution in [2.24, 2.45) is 0 Å². The van der Waals surface area contributed by atoms with E-state index in [0.29, 0.717) is 12.2 Å². The van der Waals surface area contributed by atoms with Crippen LogP contribution in [0.1, 0.15) is 52.7 Å². The van der Waals surface area contributed by atoms with E-state index in [1.807, 2.05) is 42.5 Å². The average Bonchev–Trinajstić information content (AvgIpc) is 2.73. The maximum atomic E-state index is 12.4. The van der Waals surface area contributed by atoms with Crippen LogP contribution in [0.4, 0.5) is 0 Å². The van der Waals surface area contributed by atoms with Gasteiger partial charge in [-0.2, -0.15) is 0 Å². The van der Waals surface area contributed by atoms with Gasteiger partial charge in [-0.1, -0.05) is 48.6 Å². The van der Waals surface area contributed by atoms with Crippen molar-refractivity contribution in [1.82, 2.24) is 0 Å². The summed E-state index contributed by atoms with van der Waals surface area (Å²) in [4.78, 5) is 12.4. The van der Waals surface area contributed by atoms with Crippen molar-refractivity contribution < 1.29 is 14.3 Å². The number of allylic oxidation sites excluding steroid dienone is 1. The van der Waals surface area contributed by atoms with Crippen LogP contribution in [0.2, 0.25) is 0 Å². The second-order valence-electron chi connectivity index (χ2n) is 7.44. The SMILES string of the molecule is O=C(OCc1ccccc1)c1ccc2c(c1)CCC(OC1C=CCCC1)C2. The normalized spacial score (nSPS) is 21.5. The van der Waals surface area contributed by atoms with Gasteiger partial charge in [0.2, 0.25) is 0 Å². The van der Waals surface area contributed by atoms with Crippen molar-refractivity contribution in [2.45, 2.75) is 57.3 Å². The molecule has 0 spiro atoms. The summed E-state index contributed by atoms with van der Waals surface area (Å²) >= 11 is 0. The summed E-state index contributed by atoms with van der Waals surface area (Å²) in [5.41, 5.74) is 4.19. The molecule has 2 aliphatic rings. The van der Waals surface area contributed by atoms with Gasteiger partial charge < -0.3 is 9.47 Å². The van der Waals surface area contributed by atoms with Gasteiger partial charge in [0, 0.05) is 0 Å². The highest BCUT2D eigenvalue weighted by Crippen LogP contribution is 2.27. The highest BCUT2D eigenvalue weighted by molar-refractivity contribution is 5.89. The molecule has 0 aliphatic heterocycles. The third kappa shape index (κ3) is 4.67. The molecule has 2 unspecified atom stereocenters. The monoisotopic (exact) mass is 362 g/mol. The first-order chi connectivity index (χ1) is 13.3. The standard InChI is InChI=1S/C24H26O3/c25-24(26-17-18-7-3-1-4-8-18)21-12-11-20-16-23(14-13-19(20)15-21)27-22-9-5-2-6-10-22/h1,3-5,7-9,11-12,15,22-23H,2,6,10,13-14,16-17H2. The number of esters is 1. The Hall–Kier alpha value is -2.39. The van der Waals surface area contributed by atoms with E-state index in [1.165, 1.54) is 24.0 Å². The minimum atomic E-state index is -0.257. The van der Waals surface area contributed by atoms with E-state index in [2.05, 4.69) is 18.2 Å². The summed E-state index contributed by atoms with van der Waals surface area (Å²) in [6.45, 7) is 0.307. The number of carbonyl (C=O) groups is 1. The Balaban J connectivity index is 1.35. The van der Waals surface area contributed by atoms with E-state index in [4.69, 9.17) is 9.47 Å². The van der Waals surface area contributed by atoms with Gasteiger partial charge in [-0.25, -0.2) is 4.79 Å². The van der Waals surface area contributed by atoms with Crippen molar-refractivity contribution in [3.63, 3.8) is 0 Å². The molecule has 0 radical (unpaired) electrons. The molecule has 0 N–H and O–H groups in total. The smallest absolute Gasteiger partial charge is 0.338 e. The lowest BCUT2D eigenvalue weighted by atomic mass is 9.88. The molecule has 2 aromatic rings. The molecule has 0 saturated heterocycles. The summed E-state index contributed by atoms with van der Waals surface area (Å²) in [5.74, 6) is -0.257. The quantitative estimate of drug-likeness (QED) is 0.553. The van der Waals surface area contributed by atoms with Gasteiger partial charge in [0.05, 0.1) is 17.8 Å². The van der Waals surface area contributed by atoms with Gasteiger partial charge in [0.15, 0.2) is 0 Å². The lowest BCUT2D eigenvalue weighted by Crippen LogP contribution is -2.28. The fourth-order valence-corrected chi connectivity index (χ4v) is 3.91. The van der Waals surface area contributed by atoms with Gasteiger partial charge in [-0.3, -0.25) is 0 Å². The van der Waals surface area contributed by atoms with Crippen LogP contribution in [0.3, 0.4) is 0 Å². The Bertz CT molecular complexity index is 810. The minimum Gasteiger partial charge on any atom is -0.457 e. The third-order valence-electron chi connectivity index (χ3n) is 5.42. The van der Waals surface area contributed by atoms with Crippen molar-refractivity contribution >= 4 is 5.97 Å². The van der Waals surface area contributed by atoms with Crippen LogP contribution in [0.15, 0.2) is 60.7 Å². The van der Waals surface area contributed by atoms with Crippen LogP contribution >= 0.6 is 0 Å². The first-order valence-corrected chi connectivity index (χ1v) is 9.93. The Labute approximate surface area is 161 Å². The van der Waals surface area contributed by atoms with E-state index in [1.54, 1.807) is 0 Å². The Morgan fingerprint density at radius 3 is 2.74 bits per heavy atom. The molecule has 27 heavy (non-hydrogen) atoms. The van der Waals surface area contributed by atoms with E-state index < -0.39 is 0 Å². The third-order valence-corrected chi connectivity index (χ3v) is 5.42. The zero-order valence-corrected chi connectivity index (χ0v) is 15.6. The second-order valence-corrected chi connectivity index (χ2v) is 7.44. The number of carbonyl (C=O) groups excluding carboxylic acids is 1. The Morgan fingerprint density at radius 2 is 1.93 bits per heavy atom. The zero-order chi connectivity index (χ0) is 18.5. The number of hydrogen-bond donors (Lipinski definition) is 0.